The van der Waals surface area contributed by atoms with Gasteiger partial charge in [0.15, 0.2) is 0 Å². The Morgan fingerprint density at radius 3 is 2.60 bits per heavy atom. The molecule has 3 aliphatic rings. The monoisotopic (exact) mass is 687 g/mol. The second kappa shape index (κ2) is 16.8. The molecule has 3 aliphatic heterocycles. The highest BCUT2D eigenvalue weighted by Gasteiger charge is 2.51. The van der Waals surface area contributed by atoms with Gasteiger partial charge in [0.2, 0.25) is 5.91 Å². The molecule has 0 spiro atoms. The molecule has 2 fully saturated rings. The van der Waals surface area contributed by atoms with E-state index in [-0.39, 0.29) is 36.1 Å². The molecule has 11 nitrogen and oxygen atoms in total. The number of ether oxygens (including phenoxy) is 3. The molecule has 2 saturated heterocycles. The maximum absolute atomic E-state index is 14.4. The summed E-state index contributed by atoms with van der Waals surface area (Å²) in [6, 6.07) is 10.4. The van der Waals surface area contributed by atoms with Gasteiger partial charge in [0.25, 0.3) is 0 Å². The van der Waals surface area contributed by atoms with Gasteiger partial charge in [-0.05, 0) is 48.9 Å². The van der Waals surface area contributed by atoms with Crippen molar-refractivity contribution in [3.8, 4) is 11.1 Å². The summed E-state index contributed by atoms with van der Waals surface area (Å²) in [5.41, 5.74) is 1.21. The highest BCUT2D eigenvalue weighted by Crippen LogP contribution is 2.36. The van der Waals surface area contributed by atoms with Crippen molar-refractivity contribution in [2.75, 3.05) is 32.6 Å². The Morgan fingerprint density at radius 1 is 1.11 bits per heavy atom. The Morgan fingerprint density at radius 2 is 1.89 bits per heavy atom. The molecule has 4 N–H and O–H groups in total. The molecule has 0 bridgehead atoms. The van der Waals surface area contributed by atoms with E-state index in [2.05, 4.69) is 16.4 Å². The van der Waals surface area contributed by atoms with Crippen LogP contribution in [-0.2, 0) is 23.8 Å². The number of pyridine rings is 1. The van der Waals surface area contributed by atoms with E-state index in [1.807, 2.05) is 54.3 Å². The van der Waals surface area contributed by atoms with Gasteiger partial charge in [-0.25, -0.2) is 0 Å². The number of aromatic nitrogens is 1. The third-order valence-electron chi connectivity index (χ3n) is 8.98. The van der Waals surface area contributed by atoms with Gasteiger partial charge < -0.3 is 34.8 Å². The van der Waals surface area contributed by atoms with Crippen molar-refractivity contribution in [1.82, 2.24) is 15.2 Å². The molecule has 10 atom stereocenters. The summed E-state index contributed by atoms with van der Waals surface area (Å²) in [5.74, 6) is -0.583. The van der Waals surface area contributed by atoms with Gasteiger partial charge in [-0.2, -0.15) is 0 Å². The van der Waals surface area contributed by atoms with Crippen LogP contribution < -0.4 is 5.32 Å². The van der Waals surface area contributed by atoms with Crippen molar-refractivity contribution >= 4 is 35.4 Å². The number of hydrogen-bond acceptors (Lipinski definition) is 12. The lowest BCUT2D eigenvalue weighted by Crippen LogP contribution is -2.65. The molecule has 2 aromatic rings. The first-order valence-electron chi connectivity index (χ1n) is 16.1. The number of benzene rings is 1. The van der Waals surface area contributed by atoms with Crippen molar-refractivity contribution in [1.29, 1.82) is 0 Å². The van der Waals surface area contributed by atoms with Crippen LogP contribution in [0, 0.1) is 5.92 Å². The van der Waals surface area contributed by atoms with Crippen LogP contribution in [0.3, 0.4) is 0 Å². The minimum absolute atomic E-state index is 0.0598. The molecule has 2 unspecified atom stereocenters. The average molecular weight is 688 g/mol. The summed E-state index contributed by atoms with van der Waals surface area (Å²) in [6.07, 6.45) is 4.56. The zero-order valence-corrected chi connectivity index (χ0v) is 28.5. The fraction of sp³-hybridized carbons (Fsp3) is 0.559. The van der Waals surface area contributed by atoms with Crippen LogP contribution in [0.4, 0.5) is 0 Å². The number of esters is 1. The number of likely N-dealkylation sites (tertiary alicyclic amines) is 1. The van der Waals surface area contributed by atoms with Crippen LogP contribution in [0.5, 0.6) is 0 Å². The van der Waals surface area contributed by atoms with E-state index >= 15 is 0 Å². The first kappa shape index (κ1) is 35.8. The highest BCUT2D eigenvalue weighted by molar-refractivity contribution is 8.00. The van der Waals surface area contributed by atoms with Gasteiger partial charge in [-0.1, -0.05) is 37.3 Å². The van der Waals surface area contributed by atoms with Crippen LogP contribution in [-0.4, -0.2) is 123 Å². The zero-order valence-electron chi connectivity index (χ0n) is 26.9. The summed E-state index contributed by atoms with van der Waals surface area (Å²) in [6.45, 7) is 5.27. The van der Waals surface area contributed by atoms with Gasteiger partial charge in [-0.3, -0.25) is 19.5 Å². The third kappa shape index (κ3) is 8.57. The number of carbonyl (C=O) groups is 2. The van der Waals surface area contributed by atoms with Crippen molar-refractivity contribution in [2.45, 2.75) is 84.9 Å². The largest absolute Gasteiger partial charge is 0.466 e. The number of thioether (sulfide) groups is 2. The second-order valence-electron chi connectivity index (χ2n) is 12.1. The van der Waals surface area contributed by atoms with Gasteiger partial charge in [-0.15, -0.1) is 23.5 Å². The van der Waals surface area contributed by atoms with Crippen LogP contribution in [0.2, 0.25) is 0 Å². The molecule has 4 heterocycles. The molecule has 13 heteroatoms. The number of aliphatic hydroxyl groups is 3. The molecule has 0 saturated carbocycles. The summed E-state index contributed by atoms with van der Waals surface area (Å²) in [7, 11) is 0. The van der Waals surface area contributed by atoms with E-state index in [0.717, 1.165) is 22.4 Å². The quantitative estimate of drug-likeness (QED) is 0.148. The number of allylic oxidation sites excluding steroid dienone is 1. The van der Waals surface area contributed by atoms with Crippen LogP contribution in [0.25, 0.3) is 11.1 Å². The average Bonchev–Trinajstić information content (AvgIpc) is 3.27. The summed E-state index contributed by atoms with van der Waals surface area (Å²) in [5, 5.41) is 35.4. The normalized spacial score (nSPS) is 30.6. The van der Waals surface area contributed by atoms with Crippen molar-refractivity contribution in [2.24, 2.45) is 5.92 Å². The van der Waals surface area contributed by atoms with Crippen LogP contribution in [0.1, 0.15) is 26.7 Å². The molecule has 0 aliphatic carbocycles. The van der Waals surface area contributed by atoms with Gasteiger partial charge in [0, 0.05) is 41.5 Å². The lowest BCUT2D eigenvalue weighted by atomic mass is 9.92. The number of amides is 1. The van der Waals surface area contributed by atoms with E-state index in [0.29, 0.717) is 19.7 Å². The number of rotatable bonds is 12. The lowest BCUT2D eigenvalue weighted by Gasteiger charge is -2.45. The molecule has 1 aromatic heterocycles. The Bertz CT molecular complexity index is 1350. The molecule has 0 radical (unpaired) electrons. The van der Waals surface area contributed by atoms with E-state index in [4.69, 9.17) is 14.2 Å². The molecule has 1 amide bonds. The van der Waals surface area contributed by atoms with Crippen molar-refractivity contribution in [3.63, 3.8) is 0 Å². The standard InChI is InChI=1S/C34H45N3O8S2/c1-4-43-25(38)14-16-37-19-23-8-5-6-17-44-31(23)27(37)33(42)36-26(32-29(40)28(39)30(41)34(45-32)46-3)20(2)47-24-12-10-21(11-13-24)22-9-7-15-35-18-22/h5-7,9-13,15,18,20,23,26-32,34,39-41H,4,8,14,16-17,19H2,1-3H3,(H,36,42)/t20-,23-,26+,27-,28?,29-,30+,31+,32+,34?/m0/s1. The first-order valence-corrected chi connectivity index (χ1v) is 18.2. The summed E-state index contributed by atoms with van der Waals surface area (Å²) >= 11 is 2.73. The van der Waals surface area contributed by atoms with Gasteiger partial charge >= 0.3 is 5.97 Å². The number of nitrogens with zero attached hydrogens (tertiary/aromatic N) is 2. The van der Waals surface area contributed by atoms with E-state index in [1.165, 1.54) is 23.5 Å². The fourth-order valence-electron chi connectivity index (χ4n) is 6.57. The smallest absolute Gasteiger partial charge is 0.307 e. The Hall–Kier alpha value is -2.49. The maximum Gasteiger partial charge on any atom is 0.307 e. The lowest BCUT2D eigenvalue weighted by molar-refractivity contribution is -0.205. The highest BCUT2D eigenvalue weighted by atomic mass is 32.2. The summed E-state index contributed by atoms with van der Waals surface area (Å²) in [4.78, 5) is 33.7. The molecule has 256 valence electrons. The molecular weight excluding hydrogens is 643 g/mol. The topological polar surface area (TPSA) is 151 Å². The molecular formula is C34H45N3O8S2. The molecule has 1 aromatic carbocycles. The van der Waals surface area contributed by atoms with Crippen LogP contribution in [0.15, 0.2) is 65.8 Å². The summed E-state index contributed by atoms with van der Waals surface area (Å²) < 4.78 is 17.5. The van der Waals surface area contributed by atoms with Gasteiger partial charge in [0.1, 0.15) is 35.9 Å². The third-order valence-corrected chi connectivity index (χ3v) is 11.0. The number of fused-ring (bicyclic) bond motifs is 1. The molecule has 5 rings (SSSR count). The number of aliphatic hydroxyl groups excluding tert-OH is 3. The Balaban J connectivity index is 1.40. The van der Waals surface area contributed by atoms with E-state index in [9.17, 15) is 24.9 Å². The minimum Gasteiger partial charge on any atom is -0.466 e. The van der Waals surface area contributed by atoms with Crippen molar-refractivity contribution < 1.29 is 39.1 Å². The second-order valence-corrected chi connectivity index (χ2v) is 14.4. The number of nitrogens with one attached hydrogen (secondary N) is 1. The molecule has 47 heavy (non-hydrogen) atoms. The van der Waals surface area contributed by atoms with E-state index in [1.54, 1.807) is 25.6 Å². The van der Waals surface area contributed by atoms with Crippen molar-refractivity contribution in [3.05, 3.63) is 60.9 Å². The van der Waals surface area contributed by atoms with E-state index < -0.39 is 48.0 Å². The first-order chi connectivity index (χ1) is 22.7. The van der Waals surface area contributed by atoms with Gasteiger partial charge in [0.05, 0.1) is 31.8 Å². The minimum atomic E-state index is -1.46. The number of hydrogen-bond donors (Lipinski definition) is 4. The maximum atomic E-state index is 14.4. The Labute approximate surface area is 284 Å². The Kier molecular flexibility index (Phi) is 12.8. The predicted molar refractivity (Wildman–Crippen MR) is 181 cm³/mol. The zero-order chi connectivity index (χ0) is 33.5. The SMILES string of the molecule is CCOC(=O)CCN1C[C@@H]2CC=CCO[C@H]2[C@H]1C(=O)N[C@@H]([C@H]1OC(SC)[C@H](O)C(O)[C@@H]1O)[C@H](C)Sc1ccc(-c2cccnc2)cc1. The number of carbonyl (C=O) groups excluding carboxylic acids is 2. The van der Waals surface area contributed by atoms with Crippen LogP contribution >= 0.6 is 23.5 Å². The fourth-order valence-corrected chi connectivity index (χ4v) is 8.34. The predicted octanol–water partition coefficient (Wildman–Crippen LogP) is 2.48.